The topological polar surface area (TPSA) is 9.23 Å². The summed E-state index contributed by atoms with van der Waals surface area (Å²) in [4.78, 5) is 0. The Morgan fingerprint density at radius 1 is 0.938 bits per heavy atom. The number of ether oxygens (including phenoxy) is 1. The molecule has 2 aliphatic rings. The minimum atomic E-state index is 0.138. The summed E-state index contributed by atoms with van der Waals surface area (Å²) < 4.78 is 6.85. The number of hydrogen-bond acceptors (Lipinski definition) is 1. The largest absolute Gasteiger partial charge is 0.485 e. The molecule has 0 amide bonds. The monoisotopic (exact) mass is 432 g/mol. The van der Waals surface area contributed by atoms with Gasteiger partial charge in [0.05, 0.1) is 0 Å². The molecule has 1 fully saturated rings. The van der Waals surface area contributed by atoms with E-state index in [1.807, 2.05) is 27.7 Å². The second kappa shape index (κ2) is 13.3. The van der Waals surface area contributed by atoms with E-state index in [9.17, 15) is 0 Å². The number of fused-ring (bicyclic) bond motifs is 1. The van der Waals surface area contributed by atoms with Crippen molar-refractivity contribution in [1.29, 1.82) is 0 Å². The Kier molecular flexibility index (Phi) is 10.8. The predicted molar refractivity (Wildman–Crippen MR) is 140 cm³/mol. The Balaban J connectivity index is 0.000000860. The summed E-state index contributed by atoms with van der Waals surface area (Å²) in [7, 11) is 0. The third kappa shape index (κ3) is 6.17. The number of rotatable bonds is 4. The van der Waals surface area contributed by atoms with Crippen molar-refractivity contribution in [3.05, 3.63) is 77.5 Å². The standard InChI is InChI=1S/C27H32O.2C2H6/c1-4-20(3)23-13-7-8-15-26(23)28-27-24-14-6-5-11-21(24)16-17-25(27)22-12-9-10-19(2)18-22;2*1-2/h5-8,11,13-15,19,22,25,27H,1,9-10,12,16-18H2,2-3H3;2*1-2H3/t19-,22?,25?,27+;;/m1../s1. The van der Waals surface area contributed by atoms with Crippen LogP contribution in [-0.2, 0) is 6.42 Å². The molecule has 174 valence electrons. The van der Waals surface area contributed by atoms with E-state index in [1.54, 1.807) is 0 Å². The summed E-state index contributed by atoms with van der Waals surface area (Å²) in [5.41, 5.74) is 8.05. The van der Waals surface area contributed by atoms with Gasteiger partial charge in [0.1, 0.15) is 11.9 Å². The third-order valence-electron chi connectivity index (χ3n) is 6.89. The molecule has 4 rings (SSSR count). The number of para-hydroxylation sites is 1. The molecule has 1 heteroatoms. The van der Waals surface area contributed by atoms with E-state index < -0.39 is 0 Å². The summed E-state index contributed by atoms with van der Waals surface area (Å²) in [5.74, 6) is 3.17. The van der Waals surface area contributed by atoms with Crippen molar-refractivity contribution in [2.45, 2.75) is 86.2 Å². The zero-order valence-electron chi connectivity index (χ0n) is 21.3. The van der Waals surface area contributed by atoms with Crippen molar-refractivity contribution in [3.63, 3.8) is 0 Å². The van der Waals surface area contributed by atoms with E-state index in [1.165, 1.54) is 49.7 Å². The molecular weight excluding hydrogens is 388 g/mol. The van der Waals surface area contributed by atoms with E-state index in [0.717, 1.165) is 28.7 Å². The first-order valence-electron chi connectivity index (χ1n) is 12.9. The summed E-state index contributed by atoms with van der Waals surface area (Å²) in [6, 6.07) is 17.3. The molecule has 2 aromatic rings. The van der Waals surface area contributed by atoms with Crippen molar-refractivity contribution >= 4 is 5.57 Å². The van der Waals surface area contributed by atoms with Crippen molar-refractivity contribution in [3.8, 4) is 5.75 Å². The van der Waals surface area contributed by atoms with Crippen molar-refractivity contribution < 1.29 is 4.74 Å². The van der Waals surface area contributed by atoms with Crippen LogP contribution in [0, 0.1) is 17.8 Å². The van der Waals surface area contributed by atoms with Gasteiger partial charge in [-0.05, 0) is 55.2 Å². The van der Waals surface area contributed by atoms with Crippen LogP contribution in [0.15, 0.2) is 60.8 Å². The van der Waals surface area contributed by atoms with Gasteiger partial charge in [-0.2, -0.15) is 0 Å². The number of allylic oxidation sites excluding steroid dienone is 1. The van der Waals surface area contributed by atoms with Crippen LogP contribution >= 0.6 is 0 Å². The fraction of sp³-hybridized carbons (Fsp3) is 0.516. The highest BCUT2D eigenvalue weighted by Gasteiger charge is 2.38. The highest BCUT2D eigenvalue weighted by molar-refractivity contribution is 5.68. The van der Waals surface area contributed by atoms with Crippen LogP contribution in [0.5, 0.6) is 5.75 Å². The maximum atomic E-state index is 6.85. The fourth-order valence-electron chi connectivity index (χ4n) is 5.36. The highest BCUT2D eigenvalue weighted by Crippen LogP contribution is 2.47. The van der Waals surface area contributed by atoms with E-state index in [-0.39, 0.29) is 6.10 Å². The molecule has 0 aromatic heterocycles. The van der Waals surface area contributed by atoms with Gasteiger partial charge < -0.3 is 4.74 Å². The minimum absolute atomic E-state index is 0.138. The van der Waals surface area contributed by atoms with Crippen molar-refractivity contribution in [2.75, 3.05) is 0 Å². The molecule has 2 aromatic carbocycles. The molecule has 2 unspecified atom stereocenters. The Hall–Kier alpha value is -2.24. The van der Waals surface area contributed by atoms with E-state index in [4.69, 9.17) is 4.74 Å². The molecule has 2 aliphatic carbocycles. The number of benzene rings is 2. The summed E-state index contributed by atoms with van der Waals surface area (Å²) in [6.07, 6.45) is 8.00. The first kappa shape index (κ1) is 26.0. The predicted octanol–water partition coefficient (Wildman–Crippen LogP) is 9.44. The van der Waals surface area contributed by atoms with Gasteiger partial charge in [0.2, 0.25) is 0 Å². The Morgan fingerprint density at radius 3 is 2.34 bits per heavy atom. The smallest absolute Gasteiger partial charge is 0.128 e. The lowest BCUT2D eigenvalue weighted by molar-refractivity contribution is 0.0545. The number of hydrogen-bond donors (Lipinski definition) is 0. The highest BCUT2D eigenvalue weighted by atomic mass is 16.5. The lowest BCUT2D eigenvalue weighted by atomic mass is 9.68. The molecule has 0 N–H and O–H groups in total. The van der Waals surface area contributed by atoms with Crippen LogP contribution in [0.25, 0.3) is 5.57 Å². The van der Waals surface area contributed by atoms with Gasteiger partial charge in [-0.15, -0.1) is 5.73 Å². The lowest BCUT2D eigenvalue weighted by Gasteiger charge is -2.41. The van der Waals surface area contributed by atoms with E-state index >= 15 is 0 Å². The van der Waals surface area contributed by atoms with Gasteiger partial charge in [0, 0.05) is 17.1 Å². The quantitative estimate of drug-likeness (QED) is 0.437. The average Bonchev–Trinajstić information content (AvgIpc) is 2.86. The summed E-state index contributed by atoms with van der Waals surface area (Å²) in [5, 5.41) is 0. The van der Waals surface area contributed by atoms with Gasteiger partial charge >= 0.3 is 0 Å². The maximum Gasteiger partial charge on any atom is 0.128 e. The zero-order chi connectivity index (χ0) is 23.5. The van der Waals surface area contributed by atoms with Crippen molar-refractivity contribution in [2.24, 2.45) is 17.8 Å². The van der Waals surface area contributed by atoms with Crippen LogP contribution in [0.2, 0.25) is 0 Å². The zero-order valence-corrected chi connectivity index (χ0v) is 21.3. The van der Waals surface area contributed by atoms with Crippen molar-refractivity contribution in [1.82, 2.24) is 0 Å². The fourth-order valence-corrected chi connectivity index (χ4v) is 5.36. The molecule has 0 aliphatic heterocycles. The summed E-state index contributed by atoms with van der Waals surface area (Å²) in [6.45, 7) is 16.3. The molecule has 1 saturated carbocycles. The average molecular weight is 433 g/mol. The molecule has 0 radical (unpaired) electrons. The molecule has 4 atom stereocenters. The number of aryl methyl sites for hydroxylation is 1. The molecular formula is C31H44O. The second-order valence-corrected chi connectivity index (χ2v) is 8.77. The van der Waals surface area contributed by atoms with Crippen LogP contribution in [0.4, 0.5) is 0 Å². The first-order valence-corrected chi connectivity index (χ1v) is 12.9. The Bertz CT molecular complexity index is 874. The molecule has 0 spiro atoms. The van der Waals surface area contributed by atoms with Gasteiger partial charge in [-0.25, -0.2) is 0 Å². The maximum absolute atomic E-state index is 6.85. The lowest BCUT2D eigenvalue weighted by Crippen LogP contribution is -2.33. The molecule has 0 saturated heterocycles. The molecule has 0 heterocycles. The van der Waals surface area contributed by atoms with Crippen LogP contribution in [0.3, 0.4) is 0 Å². The van der Waals surface area contributed by atoms with Crippen LogP contribution in [-0.4, -0.2) is 0 Å². The molecule has 1 nitrogen and oxygen atoms in total. The van der Waals surface area contributed by atoms with Gasteiger partial charge in [0.25, 0.3) is 0 Å². The second-order valence-electron chi connectivity index (χ2n) is 8.77. The van der Waals surface area contributed by atoms with E-state index in [0.29, 0.717) is 5.92 Å². The molecule has 32 heavy (non-hydrogen) atoms. The van der Waals surface area contributed by atoms with Crippen LogP contribution in [0.1, 0.15) is 96.4 Å². The van der Waals surface area contributed by atoms with E-state index in [2.05, 4.69) is 74.7 Å². The molecule has 0 bridgehead atoms. The first-order chi connectivity index (χ1) is 15.7. The Labute approximate surface area is 197 Å². The van der Waals surface area contributed by atoms with Gasteiger partial charge in [0.15, 0.2) is 0 Å². The minimum Gasteiger partial charge on any atom is -0.485 e. The van der Waals surface area contributed by atoms with Gasteiger partial charge in [-0.3, -0.25) is 0 Å². The Morgan fingerprint density at radius 2 is 1.62 bits per heavy atom. The summed E-state index contributed by atoms with van der Waals surface area (Å²) >= 11 is 0. The normalized spacial score (nSPS) is 23.8. The van der Waals surface area contributed by atoms with Gasteiger partial charge in [-0.1, -0.05) is 103 Å². The third-order valence-corrected chi connectivity index (χ3v) is 6.89. The van der Waals surface area contributed by atoms with Crippen LogP contribution < -0.4 is 4.74 Å². The SMILES string of the molecule is C=C=C(C)c1ccccc1O[C@H]1c2ccccc2CCC1C1CCC[C@@H](C)C1.CC.CC.